The van der Waals surface area contributed by atoms with E-state index < -0.39 is 6.04 Å². The topological polar surface area (TPSA) is 58.6 Å². The Balaban J connectivity index is 1.86. The van der Waals surface area contributed by atoms with Crippen molar-refractivity contribution in [1.82, 2.24) is 10.2 Å². The molecule has 0 spiro atoms. The molecular weight excluding hydrogens is 436 g/mol. The molecule has 0 saturated carbocycles. The zero-order valence-electron chi connectivity index (χ0n) is 21.0. The van der Waals surface area contributed by atoms with Gasteiger partial charge in [0.15, 0.2) is 6.61 Å². The number of aryl methyl sites for hydroxylation is 2. The van der Waals surface area contributed by atoms with Crippen LogP contribution in [0.3, 0.4) is 0 Å². The van der Waals surface area contributed by atoms with E-state index in [9.17, 15) is 9.59 Å². The van der Waals surface area contributed by atoms with E-state index in [1.807, 2.05) is 92.7 Å². The fourth-order valence-corrected chi connectivity index (χ4v) is 3.87. The predicted octanol–water partition coefficient (Wildman–Crippen LogP) is 5.24. The van der Waals surface area contributed by atoms with Crippen molar-refractivity contribution in [2.75, 3.05) is 13.2 Å². The summed E-state index contributed by atoms with van der Waals surface area (Å²) in [7, 11) is 0. The molecule has 0 heterocycles. The maximum atomic E-state index is 13.6. The lowest BCUT2D eigenvalue weighted by Crippen LogP contribution is -2.51. The minimum Gasteiger partial charge on any atom is -0.484 e. The van der Waals surface area contributed by atoms with Gasteiger partial charge in [-0.1, -0.05) is 80.1 Å². The van der Waals surface area contributed by atoms with Gasteiger partial charge in [-0.25, -0.2) is 0 Å². The van der Waals surface area contributed by atoms with Crippen LogP contribution in [0.25, 0.3) is 0 Å². The summed E-state index contributed by atoms with van der Waals surface area (Å²) in [4.78, 5) is 28.6. The van der Waals surface area contributed by atoms with Crippen LogP contribution in [0.15, 0.2) is 78.9 Å². The van der Waals surface area contributed by atoms with Gasteiger partial charge in [-0.3, -0.25) is 9.59 Å². The van der Waals surface area contributed by atoms with Gasteiger partial charge in [0.05, 0.1) is 0 Å². The molecule has 2 amide bonds. The molecule has 0 saturated heterocycles. The first-order valence-electron chi connectivity index (χ1n) is 12.3. The minimum absolute atomic E-state index is 0.136. The number of carbonyl (C=O) groups is 2. The molecule has 184 valence electrons. The van der Waals surface area contributed by atoms with Gasteiger partial charge in [0.25, 0.3) is 5.91 Å². The van der Waals surface area contributed by atoms with Crippen LogP contribution >= 0.6 is 0 Å². The van der Waals surface area contributed by atoms with Crippen molar-refractivity contribution in [1.29, 1.82) is 0 Å². The third kappa shape index (κ3) is 7.99. The highest BCUT2D eigenvalue weighted by Crippen LogP contribution is 2.18. The predicted molar refractivity (Wildman–Crippen MR) is 140 cm³/mol. The number of amides is 2. The number of ether oxygens (including phenoxy) is 1. The zero-order valence-corrected chi connectivity index (χ0v) is 21.0. The number of unbranched alkanes of at least 4 members (excludes halogenated alkanes) is 1. The van der Waals surface area contributed by atoms with Crippen molar-refractivity contribution in [3.63, 3.8) is 0 Å². The third-order valence-corrected chi connectivity index (χ3v) is 6.14. The summed E-state index contributed by atoms with van der Waals surface area (Å²) < 4.78 is 5.88. The molecule has 0 bridgehead atoms. The van der Waals surface area contributed by atoms with E-state index in [4.69, 9.17) is 4.74 Å². The van der Waals surface area contributed by atoms with Crippen LogP contribution < -0.4 is 10.1 Å². The molecule has 35 heavy (non-hydrogen) atoms. The lowest BCUT2D eigenvalue weighted by Gasteiger charge is -2.31. The Labute approximate surface area is 209 Å². The zero-order chi connectivity index (χ0) is 25.0. The van der Waals surface area contributed by atoms with Gasteiger partial charge in [-0.2, -0.15) is 0 Å². The van der Waals surface area contributed by atoms with E-state index in [0.717, 1.165) is 29.5 Å². The molecule has 0 aromatic heterocycles. The Morgan fingerprint density at radius 1 is 0.886 bits per heavy atom. The molecule has 1 atom stereocenters. The highest BCUT2D eigenvalue weighted by atomic mass is 16.5. The van der Waals surface area contributed by atoms with Crippen molar-refractivity contribution >= 4 is 11.8 Å². The second-order valence-corrected chi connectivity index (χ2v) is 8.89. The largest absolute Gasteiger partial charge is 0.484 e. The number of nitrogens with zero attached hydrogens (tertiary/aromatic N) is 1. The van der Waals surface area contributed by atoms with Crippen LogP contribution in [0.5, 0.6) is 5.75 Å². The molecule has 0 aliphatic heterocycles. The van der Waals surface area contributed by atoms with Gasteiger partial charge in [0, 0.05) is 19.5 Å². The highest BCUT2D eigenvalue weighted by Gasteiger charge is 2.30. The Morgan fingerprint density at radius 3 is 2.17 bits per heavy atom. The van der Waals surface area contributed by atoms with Crippen molar-refractivity contribution in [2.45, 2.75) is 52.6 Å². The van der Waals surface area contributed by atoms with Crippen LogP contribution in [0.4, 0.5) is 0 Å². The minimum atomic E-state index is -0.648. The molecule has 0 aliphatic rings. The van der Waals surface area contributed by atoms with Gasteiger partial charge >= 0.3 is 0 Å². The van der Waals surface area contributed by atoms with E-state index in [0.29, 0.717) is 25.3 Å². The van der Waals surface area contributed by atoms with E-state index >= 15 is 0 Å². The van der Waals surface area contributed by atoms with Gasteiger partial charge in [0.1, 0.15) is 11.8 Å². The summed E-state index contributed by atoms with van der Waals surface area (Å²) >= 11 is 0. The number of benzene rings is 3. The standard InChI is InChI=1S/C30H36N2O3/c1-4-5-18-31-30(34)28(20-25-12-8-6-9-13-25)32(21-26-14-10-7-11-15-26)29(33)22-35-27-17-16-23(2)24(3)19-27/h6-17,19,28H,4-5,18,20-22H2,1-3H3,(H,31,34)/t28-/m1/s1. The molecule has 0 radical (unpaired) electrons. The number of rotatable bonds is 12. The van der Waals surface area contributed by atoms with Gasteiger partial charge < -0.3 is 15.0 Å². The lowest BCUT2D eigenvalue weighted by molar-refractivity contribution is -0.142. The summed E-state index contributed by atoms with van der Waals surface area (Å²) in [6.07, 6.45) is 2.31. The van der Waals surface area contributed by atoms with Crippen LogP contribution in [-0.4, -0.2) is 35.9 Å². The van der Waals surface area contributed by atoms with E-state index in [-0.39, 0.29) is 18.4 Å². The molecule has 1 N–H and O–H groups in total. The number of carbonyl (C=O) groups excluding carboxylic acids is 2. The first-order valence-corrected chi connectivity index (χ1v) is 12.3. The summed E-state index contributed by atoms with van der Waals surface area (Å²) in [5.41, 5.74) is 4.24. The number of hydrogen-bond acceptors (Lipinski definition) is 3. The highest BCUT2D eigenvalue weighted by molar-refractivity contribution is 5.88. The summed E-state index contributed by atoms with van der Waals surface area (Å²) in [5, 5.41) is 3.04. The lowest BCUT2D eigenvalue weighted by atomic mass is 10.0. The molecular formula is C30H36N2O3. The fraction of sp³-hybridized carbons (Fsp3) is 0.333. The maximum absolute atomic E-state index is 13.6. The molecule has 0 aliphatic carbocycles. The van der Waals surface area contributed by atoms with Gasteiger partial charge in [0.2, 0.25) is 5.91 Å². The second-order valence-electron chi connectivity index (χ2n) is 8.89. The van der Waals surface area contributed by atoms with Crippen molar-refractivity contribution in [3.8, 4) is 5.75 Å². The van der Waals surface area contributed by atoms with Crippen molar-refractivity contribution < 1.29 is 14.3 Å². The summed E-state index contributed by atoms with van der Waals surface area (Å²) in [5.74, 6) is 0.282. The van der Waals surface area contributed by atoms with Crippen LogP contribution in [0.2, 0.25) is 0 Å². The molecule has 3 rings (SSSR count). The Kier molecular flexibility index (Phi) is 9.91. The van der Waals surface area contributed by atoms with E-state index in [1.54, 1.807) is 4.90 Å². The molecule has 0 fully saturated rings. The summed E-state index contributed by atoms with van der Waals surface area (Å²) in [6, 6.07) is 24.7. The Bertz CT molecular complexity index is 1080. The summed E-state index contributed by atoms with van der Waals surface area (Å²) in [6.45, 7) is 6.92. The first-order chi connectivity index (χ1) is 17.0. The van der Waals surface area contributed by atoms with E-state index in [1.165, 1.54) is 5.56 Å². The van der Waals surface area contributed by atoms with Crippen molar-refractivity contribution in [3.05, 3.63) is 101 Å². The number of hydrogen-bond donors (Lipinski definition) is 1. The molecule has 0 unspecified atom stereocenters. The average Bonchev–Trinajstić information content (AvgIpc) is 2.88. The van der Waals surface area contributed by atoms with Crippen molar-refractivity contribution in [2.24, 2.45) is 0 Å². The monoisotopic (exact) mass is 472 g/mol. The SMILES string of the molecule is CCCCNC(=O)[C@@H](Cc1ccccc1)N(Cc1ccccc1)C(=O)COc1ccc(C)c(C)c1. The van der Waals surface area contributed by atoms with Gasteiger partial charge in [-0.15, -0.1) is 0 Å². The fourth-order valence-electron chi connectivity index (χ4n) is 3.87. The van der Waals surface area contributed by atoms with Crippen LogP contribution in [0, 0.1) is 13.8 Å². The first kappa shape index (κ1) is 26.0. The van der Waals surface area contributed by atoms with Crippen LogP contribution in [-0.2, 0) is 22.6 Å². The second kappa shape index (κ2) is 13.3. The van der Waals surface area contributed by atoms with Crippen LogP contribution in [0.1, 0.15) is 42.0 Å². The quantitative estimate of drug-likeness (QED) is 0.367. The smallest absolute Gasteiger partial charge is 0.261 e. The van der Waals surface area contributed by atoms with Gasteiger partial charge in [-0.05, 0) is 54.7 Å². The average molecular weight is 473 g/mol. The Morgan fingerprint density at radius 2 is 1.54 bits per heavy atom. The molecule has 3 aromatic rings. The normalized spacial score (nSPS) is 11.5. The van der Waals surface area contributed by atoms with E-state index in [2.05, 4.69) is 12.2 Å². The maximum Gasteiger partial charge on any atom is 0.261 e. The third-order valence-electron chi connectivity index (χ3n) is 6.14. The molecule has 5 nitrogen and oxygen atoms in total. The Hall–Kier alpha value is -3.60. The molecule has 5 heteroatoms. The molecule has 3 aromatic carbocycles. The number of nitrogens with one attached hydrogen (secondary N) is 1.